The molecule has 0 aliphatic carbocycles. The maximum absolute atomic E-state index is 14.0. The summed E-state index contributed by atoms with van der Waals surface area (Å²) >= 11 is 0. The van der Waals surface area contributed by atoms with Gasteiger partial charge in [-0.1, -0.05) is 65.0 Å². The standard InChI is InChI=1S/C37H61N5O8/c1-22(2)30(40-36(48)37(6,7)38-8)34(45)41(9)31(23(3)4)28(49-10)21-29(43)42-19-15-18-27(42)32(50-11)24(5)33(44)39-26(35(46)47)20-25-16-13-12-14-17-25/h12-14,16-17,22-24,26-28,30-32,38H,15,18-21H2,1-11H3,(H,39,44)(H,40,48)(H,46,47)/t24-,26+,27+,28-,30+,31+,32-/m1/s1. The first-order valence-corrected chi connectivity index (χ1v) is 17.6. The van der Waals surface area contributed by atoms with Crippen LogP contribution in [0.5, 0.6) is 0 Å². The van der Waals surface area contributed by atoms with Gasteiger partial charge in [0, 0.05) is 34.2 Å². The number of amides is 4. The van der Waals surface area contributed by atoms with Crippen molar-refractivity contribution in [3.63, 3.8) is 0 Å². The third kappa shape index (κ3) is 11.0. The Labute approximate surface area is 298 Å². The van der Waals surface area contributed by atoms with E-state index in [-0.39, 0.29) is 42.4 Å². The second-order valence-corrected chi connectivity index (χ2v) is 14.6. The van der Waals surface area contributed by atoms with Gasteiger partial charge in [-0.3, -0.25) is 19.2 Å². The van der Waals surface area contributed by atoms with E-state index in [9.17, 15) is 29.1 Å². The molecule has 4 N–H and O–H groups in total. The Morgan fingerprint density at radius 3 is 2.10 bits per heavy atom. The second kappa shape index (κ2) is 19.2. The van der Waals surface area contributed by atoms with Gasteiger partial charge in [0.15, 0.2) is 0 Å². The van der Waals surface area contributed by atoms with Gasteiger partial charge in [-0.25, -0.2) is 4.79 Å². The van der Waals surface area contributed by atoms with Crippen molar-refractivity contribution in [2.24, 2.45) is 17.8 Å². The molecule has 1 saturated heterocycles. The van der Waals surface area contributed by atoms with Crippen molar-refractivity contribution in [3.05, 3.63) is 35.9 Å². The average molecular weight is 704 g/mol. The van der Waals surface area contributed by atoms with Crippen LogP contribution < -0.4 is 16.0 Å². The summed E-state index contributed by atoms with van der Waals surface area (Å²) in [4.78, 5) is 69.7. The van der Waals surface area contributed by atoms with Crippen LogP contribution >= 0.6 is 0 Å². The number of carboxylic acids is 1. The molecule has 282 valence electrons. The van der Waals surface area contributed by atoms with E-state index < -0.39 is 59.7 Å². The van der Waals surface area contributed by atoms with E-state index >= 15 is 0 Å². The van der Waals surface area contributed by atoms with Gasteiger partial charge in [-0.05, 0) is 51.1 Å². The lowest BCUT2D eigenvalue weighted by atomic mass is 9.91. The number of nitrogens with zero attached hydrogens (tertiary/aromatic N) is 2. The maximum Gasteiger partial charge on any atom is 0.326 e. The van der Waals surface area contributed by atoms with Crippen molar-refractivity contribution >= 4 is 29.6 Å². The number of methoxy groups -OCH3 is 2. The summed E-state index contributed by atoms with van der Waals surface area (Å²) in [6, 6.07) is 6.25. The van der Waals surface area contributed by atoms with E-state index in [4.69, 9.17) is 9.47 Å². The molecular formula is C37H61N5O8. The quantitative estimate of drug-likeness (QED) is 0.169. The molecule has 1 heterocycles. The molecule has 13 heteroatoms. The van der Waals surface area contributed by atoms with Crippen LogP contribution in [0.2, 0.25) is 0 Å². The molecule has 0 unspecified atom stereocenters. The molecule has 1 aromatic rings. The number of rotatable bonds is 19. The smallest absolute Gasteiger partial charge is 0.326 e. The number of nitrogens with one attached hydrogen (secondary N) is 3. The number of likely N-dealkylation sites (tertiary alicyclic amines) is 1. The molecule has 1 aliphatic rings. The summed E-state index contributed by atoms with van der Waals surface area (Å²) in [6.07, 6.45) is 0.0797. The van der Waals surface area contributed by atoms with Gasteiger partial charge in [0.1, 0.15) is 12.1 Å². The fraction of sp³-hybridized carbons (Fsp3) is 0.703. The van der Waals surface area contributed by atoms with Crippen LogP contribution in [-0.4, -0.2) is 121 Å². The van der Waals surface area contributed by atoms with Crippen molar-refractivity contribution in [2.75, 3.05) is 34.9 Å². The molecule has 1 fully saturated rings. The summed E-state index contributed by atoms with van der Waals surface area (Å²) in [6.45, 7) is 13.3. The first kappa shape index (κ1) is 42.6. The van der Waals surface area contributed by atoms with Gasteiger partial charge >= 0.3 is 5.97 Å². The summed E-state index contributed by atoms with van der Waals surface area (Å²) in [5.41, 5.74) is -0.0964. The third-order valence-corrected chi connectivity index (χ3v) is 10.0. The third-order valence-electron chi connectivity index (χ3n) is 10.0. The van der Waals surface area contributed by atoms with Crippen molar-refractivity contribution in [3.8, 4) is 0 Å². The van der Waals surface area contributed by atoms with Crippen molar-refractivity contribution in [2.45, 2.75) is 116 Å². The highest BCUT2D eigenvalue weighted by Gasteiger charge is 2.43. The van der Waals surface area contributed by atoms with Crippen molar-refractivity contribution in [1.82, 2.24) is 25.8 Å². The number of carbonyl (C=O) groups excluding carboxylic acids is 4. The molecule has 50 heavy (non-hydrogen) atoms. The van der Waals surface area contributed by atoms with E-state index in [1.807, 2.05) is 58.0 Å². The van der Waals surface area contributed by atoms with Gasteiger partial charge in [0.2, 0.25) is 23.6 Å². The molecule has 0 radical (unpaired) electrons. The zero-order valence-electron chi connectivity index (χ0n) is 31.8. The normalized spacial score (nSPS) is 18.6. The number of ether oxygens (including phenoxy) is 2. The predicted molar refractivity (Wildman–Crippen MR) is 191 cm³/mol. The van der Waals surface area contributed by atoms with Crippen LogP contribution in [0.1, 0.15) is 73.3 Å². The zero-order chi connectivity index (χ0) is 37.9. The minimum absolute atomic E-state index is 0.0197. The molecular weight excluding hydrogens is 642 g/mol. The lowest BCUT2D eigenvalue weighted by Crippen LogP contribution is -2.61. The van der Waals surface area contributed by atoms with Crippen LogP contribution in [0.25, 0.3) is 0 Å². The molecule has 13 nitrogen and oxygen atoms in total. The lowest BCUT2D eigenvalue weighted by molar-refractivity contribution is -0.148. The largest absolute Gasteiger partial charge is 0.480 e. The van der Waals surface area contributed by atoms with Crippen LogP contribution in [0.15, 0.2) is 30.3 Å². The van der Waals surface area contributed by atoms with E-state index in [1.165, 1.54) is 14.2 Å². The SMILES string of the molecule is CNC(C)(C)C(=O)N[C@H](C(=O)N(C)[C@@H](C(C)C)[C@@H](CC(=O)N1CCC[C@H]1[C@H](OC)[C@@H](C)C(=O)N[C@@H](Cc1ccccc1)C(=O)O)OC)C(C)C. The molecule has 7 atom stereocenters. The van der Waals surface area contributed by atoms with Gasteiger partial charge in [0.05, 0.1) is 42.2 Å². The van der Waals surface area contributed by atoms with Crippen LogP contribution in [-0.2, 0) is 39.9 Å². The average Bonchev–Trinajstić information content (AvgIpc) is 3.56. The summed E-state index contributed by atoms with van der Waals surface area (Å²) in [5, 5.41) is 18.4. The Kier molecular flexibility index (Phi) is 16.3. The van der Waals surface area contributed by atoms with Crippen molar-refractivity contribution < 1.29 is 38.6 Å². The van der Waals surface area contributed by atoms with Gasteiger partial charge in [-0.2, -0.15) is 0 Å². The van der Waals surface area contributed by atoms with E-state index in [1.54, 1.807) is 44.7 Å². The molecule has 4 amide bonds. The highest BCUT2D eigenvalue weighted by atomic mass is 16.5. The fourth-order valence-corrected chi connectivity index (χ4v) is 6.71. The van der Waals surface area contributed by atoms with Crippen LogP contribution in [0.3, 0.4) is 0 Å². The van der Waals surface area contributed by atoms with Crippen LogP contribution in [0.4, 0.5) is 0 Å². The first-order valence-electron chi connectivity index (χ1n) is 17.6. The van der Waals surface area contributed by atoms with Gasteiger partial charge in [0.25, 0.3) is 0 Å². The molecule has 1 aromatic carbocycles. The maximum atomic E-state index is 14.0. The Hall–Kier alpha value is -3.55. The molecule has 0 saturated carbocycles. The topological polar surface area (TPSA) is 167 Å². The second-order valence-electron chi connectivity index (χ2n) is 14.6. The Bertz CT molecular complexity index is 1290. The molecule has 0 bridgehead atoms. The Balaban J connectivity index is 2.23. The predicted octanol–water partition coefficient (Wildman–Crippen LogP) is 2.47. The minimum atomic E-state index is -1.14. The number of carbonyl (C=O) groups is 5. The van der Waals surface area contributed by atoms with Gasteiger partial charge < -0.3 is 40.3 Å². The lowest BCUT2D eigenvalue weighted by Gasteiger charge is -2.40. The monoisotopic (exact) mass is 703 g/mol. The first-order chi connectivity index (χ1) is 23.4. The Morgan fingerprint density at radius 1 is 0.980 bits per heavy atom. The highest BCUT2D eigenvalue weighted by Crippen LogP contribution is 2.29. The summed E-state index contributed by atoms with van der Waals surface area (Å²) in [7, 11) is 6.37. The van der Waals surface area contributed by atoms with E-state index in [0.29, 0.717) is 19.4 Å². The number of carboxylic acid groups (broad SMARTS) is 1. The highest BCUT2D eigenvalue weighted by molar-refractivity contribution is 5.92. The molecule has 2 rings (SSSR count). The fourth-order valence-electron chi connectivity index (χ4n) is 6.71. The van der Waals surface area contributed by atoms with E-state index in [0.717, 1.165) is 5.56 Å². The number of likely N-dealkylation sites (N-methyl/N-ethyl adjacent to an activating group) is 2. The summed E-state index contributed by atoms with van der Waals surface area (Å²) in [5.74, 6) is -3.43. The number of aliphatic carboxylic acids is 1. The van der Waals surface area contributed by atoms with Gasteiger partial charge in [-0.15, -0.1) is 0 Å². The summed E-state index contributed by atoms with van der Waals surface area (Å²) < 4.78 is 11.7. The Morgan fingerprint density at radius 2 is 1.60 bits per heavy atom. The zero-order valence-corrected chi connectivity index (χ0v) is 31.8. The number of hydrogen-bond donors (Lipinski definition) is 4. The van der Waals surface area contributed by atoms with Crippen molar-refractivity contribution in [1.29, 1.82) is 0 Å². The number of benzene rings is 1. The number of hydrogen-bond acceptors (Lipinski definition) is 8. The molecule has 1 aliphatic heterocycles. The van der Waals surface area contributed by atoms with Crippen LogP contribution in [0, 0.1) is 17.8 Å². The van der Waals surface area contributed by atoms with E-state index in [2.05, 4.69) is 16.0 Å². The minimum Gasteiger partial charge on any atom is -0.480 e. The molecule has 0 spiro atoms. The molecule has 0 aromatic heterocycles.